The van der Waals surface area contributed by atoms with Crippen molar-refractivity contribution >= 4 is 22.6 Å². The van der Waals surface area contributed by atoms with E-state index in [1.807, 2.05) is 31.2 Å². The van der Waals surface area contributed by atoms with Crippen molar-refractivity contribution in [2.24, 2.45) is 0 Å². The molecule has 0 aliphatic carbocycles. The second kappa shape index (κ2) is 6.08. The van der Waals surface area contributed by atoms with E-state index in [0.29, 0.717) is 11.3 Å². The minimum atomic E-state index is -0.530. The summed E-state index contributed by atoms with van der Waals surface area (Å²) >= 11 is 0. The summed E-state index contributed by atoms with van der Waals surface area (Å²) in [5.74, 6) is -0.283. The van der Waals surface area contributed by atoms with Crippen molar-refractivity contribution < 1.29 is 14.5 Å². The summed E-state index contributed by atoms with van der Waals surface area (Å²) in [6, 6.07) is 13.0. The van der Waals surface area contributed by atoms with Gasteiger partial charge in [0.1, 0.15) is 5.75 Å². The van der Waals surface area contributed by atoms with Crippen LogP contribution in [0.15, 0.2) is 48.5 Å². The van der Waals surface area contributed by atoms with E-state index in [1.54, 1.807) is 6.92 Å². The summed E-state index contributed by atoms with van der Waals surface area (Å²) < 4.78 is 5.34. The van der Waals surface area contributed by atoms with E-state index in [1.165, 1.54) is 24.3 Å². The minimum Gasteiger partial charge on any atom is -0.423 e. The Hall–Kier alpha value is -3.28. The van der Waals surface area contributed by atoms with Crippen molar-refractivity contribution in [3.63, 3.8) is 0 Å². The van der Waals surface area contributed by atoms with E-state index in [2.05, 4.69) is 4.98 Å². The number of carbonyl (C=O) groups excluding carboxylic acids is 1. The summed E-state index contributed by atoms with van der Waals surface area (Å²) in [6.45, 7) is 3.61. The zero-order valence-corrected chi connectivity index (χ0v) is 13.1. The lowest BCUT2D eigenvalue weighted by molar-refractivity contribution is -0.384. The molecule has 0 unspecified atom stereocenters. The Balaban J connectivity index is 1.95. The first kappa shape index (κ1) is 15.6. The summed E-state index contributed by atoms with van der Waals surface area (Å²) in [4.78, 5) is 27.1. The Bertz CT molecular complexity index is 949. The van der Waals surface area contributed by atoms with Crippen LogP contribution in [0.25, 0.3) is 10.9 Å². The lowest BCUT2D eigenvalue weighted by Crippen LogP contribution is -2.13. The molecule has 3 rings (SSSR count). The molecule has 1 aromatic heterocycles. The Morgan fingerprint density at radius 2 is 1.75 bits per heavy atom. The van der Waals surface area contributed by atoms with Crippen LogP contribution >= 0.6 is 0 Å². The number of carbonyl (C=O) groups is 1. The molecular weight excluding hydrogens is 308 g/mol. The molecule has 0 saturated heterocycles. The number of benzene rings is 2. The number of rotatable bonds is 3. The van der Waals surface area contributed by atoms with Gasteiger partial charge in [-0.3, -0.25) is 15.1 Å². The molecule has 0 aliphatic rings. The number of para-hydroxylation sites is 1. The van der Waals surface area contributed by atoms with Crippen molar-refractivity contribution in [3.05, 3.63) is 75.5 Å². The molecule has 0 saturated carbocycles. The SMILES string of the molecule is Cc1nc2ccccc2c(C)c1C(=O)Oc1ccc([N+](=O)[O-])cc1. The highest BCUT2D eigenvalue weighted by molar-refractivity contribution is 5.99. The third kappa shape index (κ3) is 2.81. The lowest BCUT2D eigenvalue weighted by Gasteiger charge is -2.11. The van der Waals surface area contributed by atoms with E-state index in [0.717, 1.165) is 16.5 Å². The maximum Gasteiger partial charge on any atom is 0.345 e. The molecule has 0 spiro atoms. The summed E-state index contributed by atoms with van der Waals surface area (Å²) in [5.41, 5.74) is 2.55. The minimum absolute atomic E-state index is 0.0606. The highest BCUT2D eigenvalue weighted by atomic mass is 16.6. The number of hydrogen-bond acceptors (Lipinski definition) is 5. The Kier molecular flexibility index (Phi) is 3.95. The van der Waals surface area contributed by atoms with Gasteiger partial charge in [-0.2, -0.15) is 0 Å². The smallest absolute Gasteiger partial charge is 0.345 e. The van der Waals surface area contributed by atoms with Gasteiger partial charge >= 0.3 is 5.97 Å². The van der Waals surface area contributed by atoms with Gasteiger partial charge in [0.15, 0.2) is 0 Å². The van der Waals surface area contributed by atoms with E-state index in [9.17, 15) is 14.9 Å². The average Bonchev–Trinajstić information content (AvgIpc) is 2.55. The molecule has 0 bridgehead atoms. The van der Waals surface area contributed by atoms with E-state index in [-0.39, 0.29) is 11.4 Å². The molecule has 24 heavy (non-hydrogen) atoms. The zero-order chi connectivity index (χ0) is 17.3. The van der Waals surface area contributed by atoms with Crippen LogP contribution < -0.4 is 4.74 Å². The molecule has 0 N–H and O–H groups in total. The zero-order valence-electron chi connectivity index (χ0n) is 13.1. The number of nitro groups is 1. The fourth-order valence-electron chi connectivity index (χ4n) is 2.63. The third-order valence-electron chi connectivity index (χ3n) is 3.80. The molecule has 0 atom stereocenters. The van der Waals surface area contributed by atoms with Crippen molar-refractivity contribution in [1.29, 1.82) is 0 Å². The monoisotopic (exact) mass is 322 g/mol. The molecule has 0 aliphatic heterocycles. The molecule has 3 aromatic rings. The predicted octanol–water partition coefficient (Wildman–Crippen LogP) is 3.98. The van der Waals surface area contributed by atoms with Gasteiger partial charge in [-0.1, -0.05) is 18.2 Å². The number of hydrogen-bond donors (Lipinski definition) is 0. The fraction of sp³-hybridized carbons (Fsp3) is 0.111. The van der Waals surface area contributed by atoms with Crippen molar-refractivity contribution in [3.8, 4) is 5.75 Å². The first-order valence-corrected chi connectivity index (χ1v) is 7.30. The molecule has 0 radical (unpaired) electrons. The van der Waals surface area contributed by atoms with E-state index < -0.39 is 10.9 Å². The number of aryl methyl sites for hydroxylation is 2. The summed E-state index contributed by atoms with van der Waals surface area (Å²) in [5, 5.41) is 11.5. The van der Waals surface area contributed by atoms with Crippen LogP contribution in [0.1, 0.15) is 21.6 Å². The van der Waals surface area contributed by atoms with Crippen LogP contribution in [0.2, 0.25) is 0 Å². The van der Waals surface area contributed by atoms with Crippen molar-refractivity contribution in [1.82, 2.24) is 4.98 Å². The molecule has 0 fully saturated rings. The maximum atomic E-state index is 12.5. The number of non-ortho nitro benzene ring substituents is 1. The number of nitrogens with zero attached hydrogens (tertiary/aromatic N) is 2. The molecule has 6 nitrogen and oxygen atoms in total. The summed E-state index contributed by atoms with van der Waals surface area (Å²) in [7, 11) is 0. The fourth-order valence-corrected chi connectivity index (χ4v) is 2.63. The van der Waals surface area contributed by atoms with Gasteiger partial charge in [0.05, 0.1) is 21.7 Å². The summed E-state index contributed by atoms with van der Waals surface area (Å²) in [6.07, 6.45) is 0. The van der Waals surface area contributed by atoms with Crippen molar-refractivity contribution in [2.75, 3.05) is 0 Å². The van der Waals surface area contributed by atoms with Crippen LogP contribution in [0, 0.1) is 24.0 Å². The average molecular weight is 322 g/mol. The van der Waals surface area contributed by atoms with Gasteiger partial charge in [-0.15, -0.1) is 0 Å². The number of aromatic nitrogens is 1. The Morgan fingerprint density at radius 3 is 2.42 bits per heavy atom. The maximum absolute atomic E-state index is 12.5. The number of ether oxygens (including phenoxy) is 1. The van der Waals surface area contributed by atoms with Crippen LogP contribution in [-0.4, -0.2) is 15.9 Å². The topological polar surface area (TPSA) is 82.3 Å². The highest BCUT2D eigenvalue weighted by Crippen LogP contribution is 2.24. The van der Waals surface area contributed by atoms with Gasteiger partial charge in [0.25, 0.3) is 5.69 Å². The second-order valence-corrected chi connectivity index (χ2v) is 5.35. The van der Waals surface area contributed by atoms with E-state index >= 15 is 0 Å². The van der Waals surface area contributed by atoms with Gasteiger partial charge in [-0.25, -0.2) is 4.79 Å². The predicted molar refractivity (Wildman–Crippen MR) is 89.3 cm³/mol. The molecular formula is C18H14N2O4. The second-order valence-electron chi connectivity index (χ2n) is 5.35. The molecule has 2 aromatic carbocycles. The number of fused-ring (bicyclic) bond motifs is 1. The number of pyridine rings is 1. The van der Waals surface area contributed by atoms with Crippen molar-refractivity contribution in [2.45, 2.75) is 13.8 Å². The first-order chi connectivity index (χ1) is 11.5. The van der Waals surface area contributed by atoms with Gasteiger partial charge in [0, 0.05) is 17.5 Å². The van der Waals surface area contributed by atoms with Crippen LogP contribution in [0.5, 0.6) is 5.75 Å². The van der Waals surface area contributed by atoms with Gasteiger partial charge in [-0.05, 0) is 37.6 Å². The van der Waals surface area contributed by atoms with Crippen LogP contribution in [0.4, 0.5) is 5.69 Å². The number of nitro benzene ring substituents is 1. The van der Waals surface area contributed by atoms with Gasteiger partial charge in [0.2, 0.25) is 0 Å². The standard InChI is InChI=1S/C18H14N2O4/c1-11-15-5-3-4-6-16(15)19-12(2)17(11)18(21)24-14-9-7-13(8-10-14)20(22)23/h3-10H,1-2H3. The Morgan fingerprint density at radius 1 is 1.08 bits per heavy atom. The highest BCUT2D eigenvalue weighted by Gasteiger charge is 2.18. The number of esters is 1. The Labute approximate surface area is 137 Å². The lowest BCUT2D eigenvalue weighted by atomic mass is 10.0. The van der Waals surface area contributed by atoms with E-state index in [4.69, 9.17) is 4.74 Å². The molecule has 0 amide bonds. The normalized spacial score (nSPS) is 10.6. The third-order valence-corrected chi connectivity index (χ3v) is 3.80. The molecule has 120 valence electrons. The van der Waals surface area contributed by atoms with Gasteiger partial charge < -0.3 is 4.74 Å². The van der Waals surface area contributed by atoms with Crippen LogP contribution in [-0.2, 0) is 0 Å². The molecule has 1 heterocycles. The first-order valence-electron chi connectivity index (χ1n) is 7.30. The largest absolute Gasteiger partial charge is 0.423 e. The quantitative estimate of drug-likeness (QED) is 0.315. The van der Waals surface area contributed by atoms with Crippen LogP contribution in [0.3, 0.4) is 0 Å². The molecule has 6 heteroatoms.